The maximum Gasteiger partial charge on any atom is 0.263 e. The van der Waals surface area contributed by atoms with Gasteiger partial charge in [0, 0.05) is 16.8 Å². The standard InChI is InChI=1S/C17H22N2O2S2/c1-7-8-19-15(21)13-10(2)11(3)23-14(13)18-16(19)22-9-12(20)17(4,5)6/h7H,1,8-9H2,2-6H3. The summed E-state index contributed by atoms with van der Waals surface area (Å²) in [5.41, 5.74) is 0.543. The van der Waals surface area contributed by atoms with Gasteiger partial charge in [-0.25, -0.2) is 4.98 Å². The van der Waals surface area contributed by atoms with Crippen LogP contribution in [0.1, 0.15) is 31.2 Å². The molecule has 0 aliphatic heterocycles. The maximum absolute atomic E-state index is 12.8. The number of aryl methyl sites for hydroxylation is 2. The molecule has 0 fully saturated rings. The van der Waals surface area contributed by atoms with Crippen molar-refractivity contribution in [1.29, 1.82) is 0 Å². The zero-order chi connectivity index (χ0) is 17.4. The molecular formula is C17H22N2O2S2. The lowest BCUT2D eigenvalue weighted by Crippen LogP contribution is -2.25. The van der Waals surface area contributed by atoms with Crippen LogP contribution in [0.15, 0.2) is 22.6 Å². The molecule has 0 radical (unpaired) electrons. The first kappa shape index (κ1) is 17.9. The third-order valence-corrected chi connectivity index (χ3v) is 5.81. The van der Waals surface area contributed by atoms with Gasteiger partial charge in [0.05, 0.1) is 11.1 Å². The number of carbonyl (C=O) groups is 1. The van der Waals surface area contributed by atoms with Crippen LogP contribution in [0.5, 0.6) is 0 Å². The summed E-state index contributed by atoms with van der Waals surface area (Å²) in [5.74, 6) is 0.447. The number of hydrogen-bond acceptors (Lipinski definition) is 5. The molecule has 0 unspecified atom stereocenters. The normalized spacial score (nSPS) is 11.9. The van der Waals surface area contributed by atoms with E-state index in [4.69, 9.17) is 0 Å². The van der Waals surface area contributed by atoms with Crippen molar-refractivity contribution in [3.05, 3.63) is 33.4 Å². The lowest BCUT2D eigenvalue weighted by Gasteiger charge is -2.16. The van der Waals surface area contributed by atoms with E-state index in [0.717, 1.165) is 15.3 Å². The highest BCUT2D eigenvalue weighted by Crippen LogP contribution is 2.29. The van der Waals surface area contributed by atoms with E-state index in [1.807, 2.05) is 34.6 Å². The second kappa shape index (κ2) is 6.61. The van der Waals surface area contributed by atoms with Crippen molar-refractivity contribution in [3.8, 4) is 0 Å². The largest absolute Gasteiger partial charge is 0.298 e. The van der Waals surface area contributed by atoms with Gasteiger partial charge in [0.15, 0.2) is 5.16 Å². The van der Waals surface area contributed by atoms with E-state index in [2.05, 4.69) is 11.6 Å². The Morgan fingerprint density at radius 3 is 2.61 bits per heavy atom. The Kier molecular flexibility index (Phi) is 5.16. The minimum Gasteiger partial charge on any atom is -0.298 e. The topological polar surface area (TPSA) is 52.0 Å². The number of ketones is 1. The van der Waals surface area contributed by atoms with Crippen LogP contribution in [0, 0.1) is 19.3 Å². The fourth-order valence-corrected chi connectivity index (χ4v) is 4.30. The van der Waals surface area contributed by atoms with E-state index in [9.17, 15) is 9.59 Å². The van der Waals surface area contributed by atoms with Crippen LogP contribution in [0.3, 0.4) is 0 Å². The summed E-state index contributed by atoms with van der Waals surface area (Å²) in [6.07, 6.45) is 1.68. The number of fused-ring (bicyclic) bond motifs is 1. The summed E-state index contributed by atoms with van der Waals surface area (Å²) in [6.45, 7) is 13.7. The Morgan fingerprint density at radius 1 is 1.39 bits per heavy atom. The van der Waals surface area contributed by atoms with Crippen LogP contribution in [-0.4, -0.2) is 21.1 Å². The zero-order valence-electron chi connectivity index (χ0n) is 14.2. The van der Waals surface area contributed by atoms with Gasteiger partial charge < -0.3 is 0 Å². The van der Waals surface area contributed by atoms with Gasteiger partial charge in [-0.3, -0.25) is 14.2 Å². The molecule has 6 heteroatoms. The first-order valence-electron chi connectivity index (χ1n) is 7.44. The van der Waals surface area contributed by atoms with E-state index in [1.54, 1.807) is 10.6 Å². The van der Waals surface area contributed by atoms with Gasteiger partial charge in [0.1, 0.15) is 10.6 Å². The number of hydrogen-bond donors (Lipinski definition) is 0. The summed E-state index contributed by atoms with van der Waals surface area (Å²) in [5, 5.41) is 1.27. The fraction of sp³-hybridized carbons (Fsp3) is 0.471. The molecule has 23 heavy (non-hydrogen) atoms. The Labute approximate surface area is 144 Å². The monoisotopic (exact) mass is 350 g/mol. The van der Waals surface area contributed by atoms with Crippen LogP contribution < -0.4 is 5.56 Å². The molecular weight excluding hydrogens is 328 g/mol. The van der Waals surface area contributed by atoms with Crippen LogP contribution >= 0.6 is 23.1 Å². The molecule has 0 aromatic carbocycles. The molecule has 0 amide bonds. The van der Waals surface area contributed by atoms with Gasteiger partial charge in [-0.1, -0.05) is 38.6 Å². The molecule has 124 valence electrons. The van der Waals surface area contributed by atoms with Gasteiger partial charge in [0.25, 0.3) is 5.56 Å². The summed E-state index contributed by atoms with van der Waals surface area (Å²) in [7, 11) is 0. The summed E-state index contributed by atoms with van der Waals surface area (Å²) in [6, 6.07) is 0. The average molecular weight is 351 g/mol. The highest BCUT2D eigenvalue weighted by molar-refractivity contribution is 7.99. The summed E-state index contributed by atoms with van der Waals surface area (Å²) >= 11 is 2.85. The Hall–Kier alpha value is -1.40. The minimum atomic E-state index is -0.392. The lowest BCUT2D eigenvalue weighted by molar-refractivity contribution is -0.123. The van der Waals surface area contributed by atoms with Crippen LogP contribution in [0.2, 0.25) is 0 Å². The number of allylic oxidation sites excluding steroid dienone is 1. The maximum atomic E-state index is 12.8. The smallest absolute Gasteiger partial charge is 0.263 e. The summed E-state index contributed by atoms with van der Waals surface area (Å²) in [4.78, 5) is 31.4. The second-order valence-corrected chi connectivity index (χ2v) is 8.67. The van der Waals surface area contributed by atoms with Crippen LogP contribution in [0.25, 0.3) is 10.2 Å². The number of carbonyl (C=O) groups excluding carboxylic acids is 1. The van der Waals surface area contributed by atoms with Crippen molar-refractivity contribution in [1.82, 2.24) is 9.55 Å². The number of nitrogens with zero attached hydrogens (tertiary/aromatic N) is 2. The van der Waals surface area contributed by atoms with Gasteiger partial charge in [0.2, 0.25) is 0 Å². The molecule has 0 saturated carbocycles. The van der Waals surface area contributed by atoms with Crippen molar-refractivity contribution < 1.29 is 4.79 Å². The molecule has 0 atom stereocenters. The van der Waals surface area contributed by atoms with Gasteiger partial charge in [-0.15, -0.1) is 17.9 Å². The third-order valence-electron chi connectivity index (χ3n) is 3.73. The van der Waals surface area contributed by atoms with Crippen LogP contribution in [0.4, 0.5) is 0 Å². The van der Waals surface area contributed by atoms with Crippen LogP contribution in [-0.2, 0) is 11.3 Å². The molecule has 4 nitrogen and oxygen atoms in total. The molecule has 0 saturated heterocycles. The van der Waals surface area contributed by atoms with Crippen molar-refractivity contribution in [3.63, 3.8) is 0 Å². The van der Waals surface area contributed by atoms with E-state index in [-0.39, 0.29) is 11.3 Å². The van der Waals surface area contributed by atoms with Crippen molar-refractivity contribution >= 4 is 39.1 Å². The molecule has 0 spiro atoms. The predicted molar refractivity (Wildman–Crippen MR) is 98.7 cm³/mol. The van der Waals surface area contributed by atoms with E-state index < -0.39 is 5.41 Å². The SMILES string of the molecule is C=CCn1c(SCC(=O)C(C)(C)C)nc2sc(C)c(C)c2c1=O. The molecule has 2 heterocycles. The second-order valence-electron chi connectivity index (χ2n) is 6.52. The van der Waals surface area contributed by atoms with Gasteiger partial charge in [-0.05, 0) is 19.4 Å². The lowest BCUT2D eigenvalue weighted by atomic mass is 9.92. The van der Waals surface area contributed by atoms with Crippen molar-refractivity contribution in [2.75, 3.05) is 5.75 Å². The molecule has 0 N–H and O–H groups in total. The number of thiophene rings is 1. The number of rotatable bonds is 5. The van der Waals surface area contributed by atoms with E-state index in [0.29, 0.717) is 22.8 Å². The molecule has 2 rings (SSSR count). The fourth-order valence-electron chi connectivity index (χ4n) is 2.06. The predicted octanol–water partition coefficient (Wildman–Crippen LogP) is 3.97. The van der Waals surface area contributed by atoms with Gasteiger partial charge >= 0.3 is 0 Å². The van der Waals surface area contributed by atoms with Gasteiger partial charge in [-0.2, -0.15) is 0 Å². The zero-order valence-corrected chi connectivity index (χ0v) is 15.9. The minimum absolute atomic E-state index is 0.0533. The highest BCUT2D eigenvalue weighted by atomic mass is 32.2. The molecule has 2 aromatic heterocycles. The van der Waals surface area contributed by atoms with E-state index >= 15 is 0 Å². The van der Waals surface area contributed by atoms with E-state index in [1.165, 1.54) is 23.1 Å². The Bertz CT molecular complexity index is 826. The van der Waals surface area contributed by atoms with Crippen molar-refractivity contribution in [2.45, 2.75) is 46.3 Å². The first-order valence-corrected chi connectivity index (χ1v) is 9.24. The molecule has 0 aliphatic rings. The third kappa shape index (κ3) is 3.58. The first-order chi connectivity index (χ1) is 10.7. The molecule has 0 bridgehead atoms. The Balaban J connectivity index is 2.50. The highest BCUT2D eigenvalue weighted by Gasteiger charge is 2.23. The number of aromatic nitrogens is 2. The molecule has 2 aromatic rings. The summed E-state index contributed by atoms with van der Waals surface area (Å²) < 4.78 is 1.61. The van der Waals surface area contributed by atoms with Crippen molar-refractivity contribution in [2.24, 2.45) is 5.41 Å². The Morgan fingerprint density at radius 2 is 2.04 bits per heavy atom. The molecule has 0 aliphatic carbocycles. The average Bonchev–Trinajstić information content (AvgIpc) is 2.74. The quantitative estimate of drug-likeness (QED) is 0.465. The number of Topliss-reactive ketones (excluding diaryl/α,β-unsaturated/α-hetero) is 1. The number of thioether (sulfide) groups is 1.